The van der Waals surface area contributed by atoms with Gasteiger partial charge in [-0.05, 0) is 36.8 Å². The summed E-state index contributed by atoms with van der Waals surface area (Å²) in [7, 11) is 0. The van der Waals surface area contributed by atoms with Gasteiger partial charge in [-0.3, -0.25) is 4.79 Å². The van der Waals surface area contributed by atoms with E-state index in [0.29, 0.717) is 17.3 Å². The van der Waals surface area contributed by atoms with Gasteiger partial charge >= 0.3 is 12.1 Å². The molecule has 1 aliphatic heterocycles. The number of allylic oxidation sites excluding steroid dienone is 2. The highest BCUT2D eigenvalue weighted by molar-refractivity contribution is 6.32. The molecule has 4 unspecified atom stereocenters. The van der Waals surface area contributed by atoms with Crippen molar-refractivity contribution in [1.29, 1.82) is 0 Å². The molecule has 2 heterocycles. The number of nitrogens with zero attached hydrogens (tertiary/aromatic N) is 2. The average molecular weight is 493 g/mol. The van der Waals surface area contributed by atoms with E-state index in [-0.39, 0.29) is 43.5 Å². The van der Waals surface area contributed by atoms with Crippen molar-refractivity contribution in [3.05, 3.63) is 46.7 Å². The Hall–Kier alpha value is -1.77. The van der Waals surface area contributed by atoms with Crippen LogP contribution in [0.25, 0.3) is 0 Å². The zero-order valence-electron chi connectivity index (χ0n) is 17.7. The molecule has 0 radical (unpaired) electrons. The molecule has 3 rings (SSSR count). The fourth-order valence-electron chi connectivity index (χ4n) is 4.03. The summed E-state index contributed by atoms with van der Waals surface area (Å²) < 4.78 is 49.3. The SMILES string of the molecule is CC1=CC(Cl)C(OCCOc2ccc(C3CCN(C(=O)C(F)(F)F)CC3C)cn2)C(Cl)=C1. The van der Waals surface area contributed by atoms with Crippen LogP contribution in [0.1, 0.15) is 31.7 Å². The van der Waals surface area contributed by atoms with E-state index in [1.807, 2.05) is 32.1 Å². The second kappa shape index (κ2) is 10.4. The molecular weight excluding hydrogens is 468 g/mol. The number of halogens is 5. The lowest BCUT2D eigenvalue weighted by molar-refractivity contribution is -0.187. The Morgan fingerprint density at radius 2 is 2.06 bits per heavy atom. The van der Waals surface area contributed by atoms with E-state index >= 15 is 0 Å². The van der Waals surface area contributed by atoms with Gasteiger partial charge in [-0.1, -0.05) is 36.2 Å². The number of hydrogen-bond acceptors (Lipinski definition) is 4. The first-order valence-electron chi connectivity index (χ1n) is 10.3. The fraction of sp³-hybridized carbons (Fsp3) is 0.545. The number of piperidine rings is 1. The average Bonchev–Trinajstić information content (AvgIpc) is 2.72. The molecule has 1 amide bonds. The third kappa shape index (κ3) is 6.17. The van der Waals surface area contributed by atoms with E-state index in [1.54, 1.807) is 12.3 Å². The van der Waals surface area contributed by atoms with Crippen molar-refractivity contribution in [1.82, 2.24) is 9.88 Å². The molecule has 10 heteroatoms. The van der Waals surface area contributed by atoms with Crippen molar-refractivity contribution in [2.75, 3.05) is 26.3 Å². The van der Waals surface area contributed by atoms with Crippen LogP contribution in [0, 0.1) is 5.92 Å². The predicted molar refractivity (Wildman–Crippen MR) is 116 cm³/mol. The summed E-state index contributed by atoms with van der Waals surface area (Å²) in [6.07, 6.45) is 0.553. The van der Waals surface area contributed by atoms with Gasteiger partial charge in [-0.2, -0.15) is 13.2 Å². The second-order valence-electron chi connectivity index (χ2n) is 8.08. The van der Waals surface area contributed by atoms with Crippen molar-refractivity contribution in [2.24, 2.45) is 5.92 Å². The molecule has 5 nitrogen and oxygen atoms in total. The molecule has 1 aliphatic carbocycles. The Morgan fingerprint density at radius 1 is 1.31 bits per heavy atom. The van der Waals surface area contributed by atoms with Crippen molar-refractivity contribution in [3.63, 3.8) is 0 Å². The van der Waals surface area contributed by atoms with Crippen LogP contribution >= 0.6 is 23.2 Å². The Kier molecular flexibility index (Phi) is 8.11. The summed E-state index contributed by atoms with van der Waals surface area (Å²) in [6, 6.07) is 3.58. The molecular formula is C22H25Cl2F3N2O3. The van der Waals surface area contributed by atoms with Crippen LogP contribution in [0.2, 0.25) is 0 Å². The van der Waals surface area contributed by atoms with Gasteiger partial charge in [0.25, 0.3) is 0 Å². The standard InChI is InChI=1S/C22H25Cl2F3N2O3/c1-13-9-17(23)20(18(24)10-13)32-8-7-31-19-4-3-15(11-28-19)16-5-6-29(12-14(16)2)21(30)22(25,26)27/h3-4,9-11,14,16-17,20H,5-8,12H2,1-2H3. The van der Waals surface area contributed by atoms with Gasteiger partial charge < -0.3 is 14.4 Å². The molecule has 0 spiro atoms. The third-order valence-electron chi connectivity index (χ3n) is 5.60. The zero-order chi connectivity index (χ0) is 23.5. The molecule has 0 bridgehead atoms. The number of pyridine rings is 1. The number of carbonyl (C=O) groups is 1. The number of carbonyl (C=O) groups excluding carboxylic acids is 1. The van der Waals surface area contributed by atoms with E-state index in [2.05, 4.69) is 4.98 Å². The van der Waals surface area contributed by atoms with Gasteiger partial charge in [0, 0.05) is 30.4 Å². The van der Waals surface area contributed by atoms with Gasteiger partial charge in [0.1, 0.15) is 12.7 Å². The van der Waals surface area contributed by atoms with Crippen LogP contribution in [0.4, 0.5) is 13.2 Å². The maximum Gasteiger partial charge on any atom is 0.471 e. The van der Waals surface area contributed by atoms with Crippen LogP contribution in [0.15, 0.2) is 41.1 Å². The summed E-state index contributed by atoms with van der Waals surface area (Å²) in [5.74, 6) is -1.46. The van der Waals surface area contributed by atoms with Crippen molar-refractivity contribution in [3.8, 4) is 5.88 Å². The Labute approximate surface area is 195 Å². The summed E-state index contributed by atoms with van der Waals surface area (Å²) in [5.41, 5.74) is 1.90. The molecule has 1 saturated heterocycles. The Balaban J connectivity index is 1.46. The monoisotopic (exact) mass is 492 g/mol. The van der Waals surface area contributed by atoms with E-state index in [9.17, 15) is 18.0 Å². The minimum atomic E-state index is -4.84. The maximum atomic E-state index is 12.7. The van der Waals surface area contributed by atoms with Gasteiger partial charge in [0.15, 0.2) is 0 Å². The number of aromatic nitrogens is 1. The Morgan fingerprint density at radius 3 is 2.66 bits per heavy atom. The van der Waals surface area contributed by atoms with Crippen LogP contribution in [0.3, 0.4) is 0 Å². The lowest BCUT2D eigenvalue weighted by Gasteiger charge is -2.37. The van der Waals surface area contributed by atoms with Crippen molar-refractivity contribution >= 4 is 29.1 Å². The van der Waals surface area contributed by atoms with E-state index in [4.69, 9.17) is 32.7 Å². The smallest absolute Gasteiger partial charge is 0.471 e. The third-order valence-corrected chi connectivity index (χ3v) is 6.28. The summed E-state index contributed by atoms with van der Waals surface area (Å²) in [4.78, 5) is 16.6. The maximum absolute atomic E-state index is 12.7. The molecule has 0 N–H and O–H groups in total. The lowest BCUT2D eigenvalue weighted by Crippen LogP contribution is -2.47. The number of rotatable bonds is 6. The first kappa shape index (κ1) is 24.9. The fourth-order valence-corrected chi connectivity index (χ4v) is 4.87. The molecule has 176 valence electrons. The Bertz CT molecular complexity index is 874. The topological polar surface area (TPSA) is 51.7 Å². The summed E-state index contributed by atoms with van der Waals surface area (Å²) in [6.45, 7) is 4.42. The first-order valence-corrected chi connectivity index (χ1v) is 11.1. The molecule has 32 heavy (non-hydrogen) atoms. The molecule has 1 aromatic rings. The van der Waals surface area contributed by atoms with Gasteiger partial charge in [0.2, 0.25) is 5.88 Å². The molecule has 2 aliphatic rings. The summed E-state index contributed by atoms with van der Waals surface area (Å²) >= 11 is 12.5. The summed E-state index contributed by atoms with van der Waals surface area (Å²) in [5, 5.41) is 0.203. The largest absolute Gasteiger partial charge is 0.475 e. The number of hydrogen-bond donors (Lipinski definition) is 0. The second-order valence-corrected chi connectivity index (χ2v) is 9.02. The highest BCUT2D eigenvalue weighted by atomic mass is 35.5. The first-order chi connectivity index (χ1) is 15.1. The normalized spacial score (nSPS) is 26.4. The quantitative estimate of drug-likeness (QED) is 0.411. The van der Waals surface area contributed by atoms with Crippen molar-refractivity contribution in [2.45, 2.75) is 43.8 Å². The number of likely N-dealkylation sites (tertiary alicyclic amines) is 1. The lowest BCUT2D eigenvalue weighted by atomic mass is 9.82. The van der Waals surface area contributed by atoms with Crippen LogP contribution in [0.5, 0.6) is 5.88 Å². The van der Waals surface area contributed by atoms with E-state index < -0.39 is 18.2 Å². The van der Waals surface area contributed by atoms with Gasteiger partial charge in [-0.15, -0.1) is 11.6 Å². The van der Waals surface area contributed by atoms with Crippen LogP contribution < -0.4 is 4.74 Å². The highest BCUT2D eigenvalue weighted by Crippen LogP contribution is 2.34. The van der Waals surface area contributed by atoms with Gasteiger partial charge in [0.05, 0.1) is 12.0 Å². The molecule has 0 saturated carbocycles. The molecule has 4 atom stereocenters. The van der Waals surface area contributed by atoms with E-state index in [0.717, 1.165) is 16.0 Å². The predicted octanol–water partition coefficient (Wildman–Crippen LogP) is 5.05. The highest BCUT2D eigenvalue weighted by Gasteiger charge is 2.44. The van der Waals surface area contributed by atoms with Crippen molar-refractivity contribution < 1.29 is 27.4 Å². The minimum absolute atomic E-state index is 0.0227. The number of amides is 1. The molecule has 1 aromatic heterocycles. The van der Waals surface area contributed by atoms with Crippen LogP contribution in [-0.4, -0.2) is 59.8 Å². The zero-order valence-corrected chi connectivity index (χ0v) is 19.3. The number of alkyl halides is 4. The van der Waals surface area contributed by atoms with Gasteiger partial charge in [-0.25, -0.2) is 4.98 Å². The minimum Gasteiger partial charge on any atom is -0.475 e. The molecule has 0 aromatic carbocycles. The number of ether oxygens (including phenoxy) is 2. The van der Waals surface area contributed by atoms with Crippen LogP contribution in [-0.2, 0) is 9.53 Å². The molecule has 1 fully saturated rings. The van der Waals surface area contributed by atoms with E-state index in [1.165, 1.54) is 0 Å².